The molecule has 0 aliphatic heterocycles. The molecule has 150 valence electrons. The minimum Gasteiger partial charge on any atom is -0.393 e. The molecule has 0 aromatic carbocycles. The van der Waals surface area contributed by atoms with E-state index in [1.54, 1.807) is 6.08 Å². The van der Waals surface area contributed by atoms with Crippen LogP contribution in [0.4, 0.5) is 0 Å². The molecule has 3 saturated carbocycles. The number of hydrogen-bond acceptors (Lipinski definition) is 6. The third-order valence-corrected chi connectivity index (χ3v) is 8.67. The number of hydrogen-bond donors (Lipinski definition) is 4. The second-order valence-electron chi connectivity index (χ2n) is 9.70. The molecule has 4 aliphatic carbocycles. The molecule has 6 nitrogen and oxygen atoms in total. The summed E-state index contributed by atoms with van der Waals surface area (Å²) in [5.41, 5.74) is -2.17. The van der Waals surface area contributed by atoms with Crippen LogP contribution in [0.2, 0.25) is 0 Å². The first-order chi connectivity index (χ1) is 12.6. The normalized spacial score (nSPS) is 51.9. The van der Waals surface area contributed by atoms with E-state index in [0.29, 0.717) is 25.7 Å². The molecule has 0 aromatic heterocycles. The number of carbonyl (C=O) groups excluding carboxylic acids is 2. The standard InChI is InChI=1S/C21H30O6/c1-19-5-3-11(23)7-14(19)15(24)8-12-13-4-6-21(27,17(26)10-22)20(13,2)9-16(25)18(12)19/h7,12-13,15-16,18,22,24-25,27H,3-6,8-10H2,1-2H3/t12-,13-,15-,16-,18?,19-,20-,21-/m0/s1. The summed E-state index contributed by atoms with van der Waals surface area (Å²) in [5.74, 6) is -0.713. The van der Waals surface area contributed by atoms with Crippen molar-refractivity contribution in [3.05, 3.63) is 11.6 Å². The van der Waals surface area contributed by atoms with Crippen LogP contribution in [-0.4, -0.2) is 56.4 Å². The van der Waals surface area contributed by atoms with E-state index in [4.69, 9.17) is 0 Å². The van der Waals surface area contributed by atoms with Gasteiger partial charge in [-0.15, -0.1) is 0 Å². The van der Waals surface area contributed by atoms with Crippen molar-refractivity contribution in [1.82, 2.24) is 0 Å². The average Bonchev–Trinajstić information content (AvgIpc) is 2.87. The maximum absolute atomic E-state index is 12.4. The molecule has 0 aromatic rings. The number of aliphatic hydroxyl groups excluding tert-OH is 3. The largest absolute Gasteiger partial charge is 0.393 e. The molecule has 6 heteroatoms. The molecule has 8 atom stereocenters. The van der Waals surface area contributed by atoms with Gasteiger partial charge in [0.2, 0.25) is 0 Å². The van der Waals surface area contributed by atoms with Gasteiger partial charge in [0.1, 0.15) is 12.2 Å². The van der Waals surface area contributed by atoms with Crippen molar-refractivity contribution in [1.29, 1.82) is 0 Å². The Labute approximate surface area is 159 Å². The molecule has 0 spiro atoms. The zero-order valence-corrected chi connectivity index (χ0v) is 16.0. The Kier molecular flexibility index (Phi) is 4.25. The van der Waals surface area contributed by atoms with Crippen LogP contribution in [0.15, 0.2) is 11.6 Å². The fourth-order valence-corrected chi connectivity index (χ4v) is 7.33. The van der Waals surface area contributed by atoms with Crippen LogP contribution in [0.3, 0.4) is 0 Å². The molecular weight excluding hydrogens is 348 g/mol. The maximum atomic E-state index is 12.4. The SMILES string of the molecule is C[C@]12CCC(=O)C=C1[C@@H](O)C[C@@H]1C2[C@@H](O)C[C@@]2(C)[C@H]1CC[C@]2(O)C(=O)CO. The molecule has 1 unspecified atom stereocenters. The second-order valence-corrected chi connectivity index (χ2v) is 9.70. The van der Waals surface area contributed by atoms with E-state index in [-0.39, 0.29) is 36.4 Å². The molecule has 0 heterocycles. The Hall–Kier alpha value is -1.08. The fraction of sp³-hybridized carbons (Fsp3) is 0.810. The third kappa shape index (κ3) is 2.33. The number of Topliss-reactive ketones (excluding diaryl/α,β-unsaturated/α-hetero) is 1. The third-order valence-electron chi connectivity index (χ3n) is 8.67. The van der Waals surface area contributed by atoms with Gasteiger partial charge in [-0.05, 0) is 66.9 Å². The van der Waals surface area contributed by atoms with Crippen LogP contribution in [-0.2, 0) is 9.59 Å². The monoisotopic (exact) mass is 378 g/mol. The molecule has 0 amide bonds. The first-order valence-electron chi connectivity index (χ1n) is 10.1. The van der Waals surface area contributed by atoms with Gasteiger partial charge in [-0.3, -0.25) is 9.59 Å². The lowest BCUT2D eigenvalue weighted by Gasteiger charge is -2.61. The van der Waals surface area contributed by atoms with Crippen LogP contribution in [0.1, 0.15) is 52.4 Å². The van der Waals surface area contributed by atoms with Gasteiger partial charge >= 0.3 is 0 Å². The number of carbonyl (C=O) groups is 2. The molecule has 0 bridgehead atoms. The van der Waals surface area contributed by atoms with Gasteiger partial charge in [0.15, 0.2) is 11.6 Å². The maximum Gasteiger partial charge on any atom is 0.190 e. The molecule has 4 N–H and O–H groups in total. The average molecular weight is 378 g/mol. The minimum absolute atomic E-state index is 0.0166. The van der Waals surface area contributed by atoms with E-state index in [9.17, 15) is 30.0 Å². The summed E-state index contributed by atoms with van der Waals surface area (Å²) in [4.78, 5) is 24.3. The quantitative estimate of drug-likeness (QED) is 0.564. The first-order valence-corrected chi connectivity index (χ1v) is 10.1. The van der Waals surface area contributed by atoms with Crippen molar-refractivity contribution in [2.24, 2.45) is 28.6 Å². The summed E-state index contributed by atoms with van der Waals surface area (Å²) in [6.45, 7) is 3.18. The molecule has 27 heavy (non-hydrogen) atoms. The van der Waals surface area contributed by atoms with Crippen LogP contribution in [0.25, 0.3) is 0 Å². The molecule has 0 saturated heterocycles. The van der Waals surface area contributed by atoms with E-state index in [1.165, 1.54) is 0 Å². The summed E-state index contributed by atoms with van der Waals surface area (Å²) in [6, 6.07) is 0. The van der Waals surface area contributed by atoms with Crippen molar-refractivity contribution in [3.8, 4) is 0 Å². The number of rotatable bonds is 2. The van der Waals surface area contributed by atoms with Gasteiger partial charge in [-0.25, -0.2) is 0 Å². The molecule has 3 fully saturated rings. The van der Waals surface area contributed by atoms with E-state index in [1.807, 2.05) is 13.8 Å². The number of fused-ring (bicyclic) bond motifs is 5. The van der Waals surface area contributed by atoms with E-state index in [0.717, 1.165) is 5.57 Å². The van der Waals surface area contributed by atoms with Gasteiger partial charge in [0.25, 0.3) is 0 Å². The topological polar surface area (TPSA) is 115 Å². The fourth-order valence-electron chi connectivity index (χ4n) is 7.33. The Bertz CT molecular complexity index is 715. The molecule has 0 radical (unpaired) electrons. The molecular formula is C21H30O6. The van der Waals surface area contributed by atoms with Crippen molar-refractivity contribution in [3.63, 3.8) is 0 Å². The highest BCUT2D eigenvalue weighted by Crippen LogP contribution is 2.67. The van der Waals surface area contributed by atoms with Gasteiger partial charge in [0, 0.05) is 11.8 Å². The lowest BCUT2D eigenvalue weighted by Crippen LogP contribution is -2.63. The molecule has 4 rings (SSSR count). The van der Waals surface area contributed by atoms with Crippen LogP contribution >= 0.6 is 0 Å². The zero-order valence-electron chi connectivity index (χ0n) is 16.0. The van der Waals surface area contributed by atoms with E-state index >= 15 is 0 Å². The number of aliphatic hydroxyl groups is 4. The van der Waals surface area contributed by atoms with E-state index < -0.39 is 41.0 Å². The lowest BCUT2D eigenvalue weighted by atomic mass is 9.45. The molecule has 4 aliphatic rings. The highest BCUT2D eigenvalue weighted by atomic mass is 16.3. The summed E-state index contributed by atoms with van der Waals surface area (Å²) in [5, 5.41) is 42.6. The lowest BCUT2D eigenvalue weighted by molar-refractivity contribution is -0.187. The smallest absolute Gasteiger partial charge is 0.190 e. The predicted octanol–water partition coefficient (Wildman–Crippen LogP) is 0.752. The first kappa shape index (κ1) is 19.2. The highest BCUT2D eigenvalue weighted by molar-refractivity contribution is 5.92. The van der Waals surface area contributed by atoms with Crippen molar-refractivity contribution in [2.75, 3.05) is 6.61 Å². The zero-order chi connectivity index (χ0) is 19.8. The number of ketones is 2. The Morgan fingerprint density at radius 1 is 1.26 bits per heavy atom. The summed E-state index contributed by atoms with van der Waals surface area (Å²) < 4.78 is 0. The van der Waals surface area contributed by atoms with Crippen LogP contribution in [0, 0.1) is 28.6 Å². The highest BCUT2D eigenvalue weighted by Gasteiger charge is 2.68. The van der Waals surface area contributed by atoms with Crippen molar-refractivity contribution in [2.45, 2.75) is 70.2 Å². The Morgan fingerprint density at radius 3 is 2.63 bits per heavy atom. The summed E-state index contributed by atoms with van der Waals surface area (Å²) in [6.07, 6.45) is 2.75. The summed E-state index contributed by atoms with van der Waals surface area (Å²) >= 11 is 0. The predicted molar refractivity (Wildman–Crippen MR) is 96.5 cm³/mol. The van der Waals surface area contributed by atoms with Gasteiger partial charge in [-0.1, -0.05) is 13.8 Å². The van der Waals surface area contributed by atoms with Gasteiger partial charge in [-0.2, -0.15) is 0 Å². The minimum atomic E-state index is -1.64. The Balaban J connectivity index is 1.77. The van der Waals surface area contributed by atoms with Crippen molar-refractivity contribution < 1.29 is 30.0 Å². The Morgan fingerprint density at radius 2 is 1.96 bits per heavy atom. The van der Waals surface area contributed by atoms with E-state index in [2.05, 4.69) is 0 Å². The van der Waals surface area contributed by atoms with Gasteiger partial charge < -0.3 is 20.4 Å². The van der Waals surface area contributed by atoms with Gasteiger partial charge in [0.05, 0.1) is 12.2 Å². The van der Waals surface area contributed by atoms with Crippen LogP contribution < -0.4 is 0 Å². The van der Waals surface area contributed by atoms with Crippen molar-refractivity contribution >= 4 is 11.6 Å². The summed E-state index contributed by atoms with van der Waals surface area (Å²) in [7, 11) is 0. The van der Waals surface area contributed by atoms with Crippen LogP contribution in [0.5, 0.6) is 0 Å². The second kappa shape index (κ2) is 5.96.